The molecule has 1 saturated carbocycles. The molecule has 98 valence electrons. The molecule has 1 fully saturated rings. The van der Waals surface area contributed by atoms with Crippen LogP contribution in [0, 0.1) is 0 Å². The van der Waals surface area contributed by atoms with Crippen LogP contribution < -0.4 is 5.32 Å². The maximum absolute atomic E-state index is 11.8. The standard InChI is InChI=1S/C13H17BrN2OS/c14-10-6-7-13(15-8-10)18-9-12(17)16-11-4-2-1-3-5-11/h6-8,11H,1-5,9H2,(H,16,17). The van der Waals surface area contributed by atoms with Gasteiger partial charge in [-0.1, -0.05) is 31.0 Å². The van der Waals surface area contributed by atoms with Crippen molar-refractivity contribution in [1.82, 2.24) is 10.3 Å². The highest BCUT2D eigenvalue weighted by Crippen LogP contribution is 2.19. The van der Waals surface area contributed by atoms with E-state index in [-0.39, 0.29) is 5.91 Å². The average Bonchev–Trinajstić information content (AvgIpc) is 2.39. The van der Waals surface area contributed by atoms with Gasteiger partial charge in [-0.15, -0.1) is 0 Å². The number of carbonyl (C=O) groups excluding carboxylic acids is 1. The number of hydrogen-bond donors (Lipinski definition) is 1. The Balaban J connectivity index is 1.72. The Morgan fingerprint density at radius 3 is 2.83 bits per heavy atom. The van der Waals surface area contributed by atoms with Gasteiger partial charge in [-0.25, -0.2) is 4.98 Å². The average molecular weight is 329 g/mol. The van der Waals surface area contributed by atoms with Crippen molar-refractivity contribution in [2.75, 3.05) is 5.75 Å². The molecule has 0 spiro atoms. The fourth-order valence-corrected chi connectivity index (χ4v) is 2.99. The SMILES string of the molecule is O=C(CSc1ccc(Br)cn1)NC1CCCCC1. The van der Waals surface area contributed by atoms with Crippen molar-refractivity contribution in [2.45, 2.75) is 43.2 Å². The highest BCUT2D eigenvalue weighted by molar-refractivity contribution is 9.10. The smallest absolute Gasteiger partial charge is 0.230 e. The monoisotopic (exact) mass is 328 g/mol. The predicted octanol–water partition coefficient (Wildman–Crippen LogP) is 3.39. The Labute approximate surface area is 120 Å². The molecule has 0 radical (unpaired) electrons. The number of nitrogens with one attached hydrogen (secondary N) is 1. The molecule has 0 aliphatic heterocycles. The molecule has 0 atom stereocenters. The third kappa shape index (κ3) is 4.61. The number of amides is 1. The first-order valence-electron chi connectivity index (χ1n) is 6.28. The minimum absolute atomic E-state index is 0.122. The number of halogens is 1. The lowest BCUT2D eigenvalue weighted by Crippen LogP contribution is -2.37. The summed E-state index contributed by atoms with van der Waals surface area (Å²) in [5, 5.41) is 3.99. The molecule has 18 heavy (non-hydrogen) atoms. The molecule has 0 unspecified atom stereocenters. The first-order chi connectivity index (χ1) is 8.74. The Kier molecular flexibility index (Phi) is 5.50. The first-order valence-corrected chi connectivity index (χ1v) is 8.05. The highest BCUT2D eigenvalue weighted by Gasteiger charge is 2.15. The number of rotatable bonds is 4. The zero-order chi connectivity index (χ0) is 12.8. The van der Waals surface area contributed by atoms with Gasteiger partial charge < -0.3 is 5.32 Å². The minimum atomic E-state index is 0.122. The highest BCUT2D eigenvalue weighted by atomic mass is 79.9. The summed E-state index contributed by atoms with van der Waals surface area (Å²) in [5.74, 6) is 0.571. The van der Waals surface area contributed by atoms with Crippen LogP contribution in [0.1, 0.15) is 32.1 Å². The minimum Gasteiger partial charge on any atom is -0.353 e. The Morgan fingerprint density at radius 1 is 1.39 bits per heavy atom. The molecule has 1 aromatic heterocycles. The van der Waals surface area contributed by atoms with Crippen molar-refractivity contribution in [1.29, 1.82) is 0 Å². The van der Waals surface area contributed by atoms with Crippen molar-refractivity contribution in [3.8, 4) is 0 Å². The summed E-state index contributed by atoms with van der Waals surface area (Å²) in [5.41, 5.74) is 0. The van der Waals surface area contributed by atoms with E-state index in [4.69, 9.17) is 0 Å². The molecule has 0 aromatic carbocycles. The summed E-state index contributed by atoms with van der Waals surface area (Å²) in [7, 11) is 0. The largest absolute Gasteiger partial charge is 0.353 e. The van der Waals surface area contributed by atoms with Gasteiger partial charge >= 0.3 is 0 Å². The maximum Gasteiger partial charge on any atom is 0.230 e. The van der Waals surface area contributed by atoms with Gasteiger partial charge in [-0.05, 0) is 40.9 Å². The Morgan fingerprint density at radius 2 is 2.17 bits per heavy atom. The number of thioether (sulfide) groups is 1. The van der Waals surface area contributed by atoms with Gasteiger partial charge in [0.25, 0.3) is 0 Å². The summed E-state index contributed by atoms with van der Waals surface area (Å²) in [6.07, 6.45) is 7.81. The Bertz CT molecular complexity index is 390. The summed E-state index contributed by atoms with van der Waals surface area (Å²) >= 11 is 4.82. The topological polar surface area (TPSA) is 42.0 Å². The molecule has 0 saturated heterocycles. The van der Waals surface area contributed by atoms with Crippen molar-refractivity contribution >= 4 is 33.6 Å². The predicted molar refractivity (Wildman–Crippen MR) is 77.7 cm³/mol. The molecule has 1 N–H and O–H groups in total. The fraction of sp³-hybridized carbons (Fsp3) is 0.538. The second-order valence-electron chi connectivity index (χ2n) is 4.51. The van der Waals surface area contributed by atoms with Gasteiger partial charge in [0.1, 0.15) is 0 Å². The lowest BCUT2D eigenvalue weighted by atomic mass is 9.95. The summed E-state index contributed by atoms with van der Waals surface area (Å²) in [6.45, 7) is 0. The van der Waals surface area contributed by atoms with Crippen LogP contribution in [0.5, 0.6) is 0 Å². The third-order valence-corrected chi connectivity index (χ3v) is 4.43. The van der Waals surface area contributed by atoms with Crippen LogP contribution in [0.4, 0.5) is 0 Å². The first kappa shape index (κ1) is 13.9. The molecular weight excluding hydrogens is 312 g/mol. The number of aromatic nitrogens is 1. The molecule has 1 aliphatic rings. The normalized spacial score (nSPS) is 16.5. The van der Waals surface area contributed by atoms with Crippen LogP contribution >= 0.6 is 27.7 Å². The summed E-state index contributed by atoms with van der Waals surface area (Å²) in [4.78, 5) is 16.0. The third-order valence-electron chi connectivity index (χ3n) is 3.02. The van der Waals surface area contributed by atoms with E-state index in [1.54, 1.807) is 6.20 Å². The van der Waals surface area contributed by atoms with E-state index < -0.39 is 0 Å². The van der Waals surface area contributed by atoms with Crippen LogP contribution in [-0.2, 0) is 4.79 Å². The molecule has 0 bridgehead atoms. The second-order valence-corrected chi connectivity index (χ2v) is 6.42. The van der Waals surface area contributed by atoms with Gasteiger partial charge in [0.15, 0.2) is 0 Å². The van der Waals surface area contributed by atoms with Gasteiger partial charge in [0.05, 0.1) is 10.8 Å². The maximum atomic E-state index is 11.8. The fourth-order valence-electron chi connectivity index (χ4n) is 2.10. The van der Waals surface area contributed by atoms with Gasteiger partial charge in [-0.2, -0.15) is 0 Å². The van der Waals surface area contributed by atoms with E-state index in [2.05, 4.69) is 26.2 Å². The molecule has 1 aliphatic carbocycles. The Hall–Kier alpha value is -0.550. The van der Waals surface area contributed by atoms with E-state index in [0.29, 0.717) is 11.8 Å². The van der Waals surface area contributed by atoms with E-state index in [0.717, 1.165) is 22.3 Å². The number of pyridine rings is 1. The number of hydrogen-bond acceptors (Lipinski definition) is 3. The van der Waals surface area contributed by atoms with E-state index >= 15 is 0 Å². The molecule has 1 heterocycles. The quantitative estimate of drug-likeness (QED) is 0.861. The van der Waals surface area contributed by atoms with Gasteiger partial charge in [0, 0.05) is 16.7 Å². The summed E-state index contributed by atoms with van der Waals surface area (Å²) < 4.78 is 0.957. The van der Waals surface area contributed by atoms with Crippen LogP contribution in [0.3, 0.4) is 0 Å². The van der Waals surface area contributed by atoms with Crippen LogP contribution in [0.25, 0.3) is 0 Å². The molecule has 5 heteroatoms. The zero-order valence-corrected chi connectivity index (χ0v) is 12.6. The van der Waals surface area contributed by atoms with Crippen molar-refractivity contribution in [3.05, 3.63) is 22.8 Å². The number of carbonyl (C=O) groups is 1. The van der Waals surface area contributed by atoms with Gasteiger partial charge in [0.2, 0.25) is 5.91 Å². The lowest BCUT2D eigenvalue weighted by molar-refractivity contribution is -0.119. The van der Waals surface area contributed by atoms with E-state index in [9.17, 15) is 4.79 Å². The number of nitrogens with zero attached hydrogens (tertiary/aromatic N) is 1. The van der Waals surface area contributed by atoms with Crippen molar-refractivity contribution < 1.29 is 4.79 Å². The molecular formula is C13H17BrN2OS. The zero-order valence-electron chi connectivity index (χ0n) is 10.2. The van der Waals surface area contributed by atoms with E-state index in [1.807, 2.05) is 12.1 Å². The van der Waals surface area contributed by atoms with Crippen LogP contribution in [0.15, 0.2) is 27.8 Å². The van der Waals surface area contributed by atoms with Gasteiger partial charge in [-0.3, -0.25) is 4.79 Å². The second kappa shape index (κ2) is 7.14. The summed E-state index contributed by atoms with van der Waals surface area (Å²) in [6, 6.07) is 4.25. The molecule has 2 rings (SSSR count). The molecule has 1 amide bonds. The van der Waals surface area contributed by atoms with Crippen LogP contribution in [0.2, 0.25) is 0 Å². The van der Waals surface area contributed by atoms with E-state index in [1.165, 1.54) is 31.0 Å². The lowest BCUT2D eigenvalue weighted by Gasteiger charge is -2.22. The molecule has 1 aromatic rings. The van der Waals surface area contributed by atoms with Crippen molar-refractivity contribution in [3.63, 3.8) is 0 Å². The van der Waals surface area contributed by atoms with Crippen LogP contribution in [-0.4, -0.2) is 22.7 Å². The molecule has 3 nitrogen and oxygen atoms in total. The van der Waals surface area contributed by atoms with Crippen molar-refractivity contribution in [2.24, 2.45) is 0 Å².